The van der Waals surface area contributed by atoms with E-state index < -0.39 is 5.82 Å². The molecule has 0 radical (unpaired) electrons. The molecule has 0 amide bonds. The standard InChI is InChI=1S/C12H9ClFN3S/c13-8-3-6(1-2-9(8)14)12-16-10-5-18-4-7(10)11(15)17-12/h1-3H,4-5H2,(H2,15,16,17). The molecule has 0 fully saturated rings. The Balaban J connectivity index is 2.12. The van der Waals surface area contributed by atoms with Gasteiger partial charge in [0, 0.05) is 22.6 Å². The van der Waals surface area contributed by atoms with Crippen LogP contribution >= 0.6 is 23.4 Å². The molecule has 1 aliphatic rings. The molecule has 0 aliphatic carbocycles. The lowest BCUT2D eigenvalue weighted by Gasteiger charge is -2.06. The maximum absolute atomic E-state index is 13.1. The van der Waals surface area contributed by atoms with E-state index in [0.29, 0.717) is 17.2 Å². The van der Waals surface area contributed by atoms with Gasteiger partial charge in [-0.25, -0.2) is 14.4 Å². The van der Waals surface area contributed by atoms with Crippen molar-refractivity contribution in [2.24, 2.45) is 0 Å². The Labute approximate surface area is 113 Å². The molecule has 0 spiro atoms. The van der Waals surface area contributed by atoms with Crippen LogP contribution in [-0.4, -0.2) is 9.97 Å². The van der Waals surface area contributed by atoms with Crippen molar-refractivity contribution in [3.8, 4) is 11.4 Å². The van der Waals surface area contributed by atoms with E-state index in [4.69, 9.17) is 17.3 Å². The highest BCUT2D eigenvalue weighted by atomic mass is 35.5. The smallest absolute Gasteiger partial charge is 0.161 e. The van der Waals surface area contributed by atoms with E-state index in [1.807, 2.05) is 0 Å². The zero-order valence-corrected chi connectivity index (χ0v) is 10.9. The van der Waals surface area contributed by atoms with Gasteiger partial charge in [-0.15, -0.1) is 0 Å². The van der Waals surface area contributed by atoms with E-state index in [-0.39, 0.29) is 5.02 Å². The molecule has 1 aromatic heterocycles. The minimum absolute atomic E-state index is 0.0598. The molecule has 0 bridgehead atoms. The number of rotatable bonds is 1. The van der Waals surface area contributed by atoms with Gasteiger partial charge in [0.25, 0.3) is 0 Å². The van der Waals surface area contributed by atoms with Crippen LogP contribution in [0.15, 0.2) is 18.2 Å². The molecular formula is C12H9ClFN3S. The summed E-state index contributed by atoms with van der Waals surface area (Å²) >= 11 is 7.51. The third kappa shape index (κ3) is 1.93. The summed E-state index contributed by atoms with van der Waals surface area (Å²) in [4.78, 5) is 8.72. The summed E-state index contributed by atoms with van der Waals surface area (Å²) in [6.45, 7) is 0. The number of nitrogen functional groups attached to an aromatic ring is 1. The molecule has 3 nitrogen and oxygen atoms in total. The quantitative estimate of drug-likeness (QED) is 0.872. The van der Waals surface area contributed by atoms with Crippen molar-refractivity contribution in [3.63, 3.8) is 0 Å². The van der Waals surface area contributed by atoms with Crippen LogP contribution in [0.3, 0.4) is 0 Å². The van der Waals surface area contributed by atoms with Crippen LogP contribution in [0.4, 0.5) is 10.2 Å². The van der Waals surface area contributed by atoms with Gasteiger partial charge in [0.2, 0.25) is 0 Å². The van der Waals surface area contributed by atoms with Crippen LogP contribution in [-0.2, 0) is 11.5 Å². The second-order valence-electron chi connectivity index (χ2n) is 3.98. The van der Waals surface area contributed by atoms with Crippen LogP contribution in [0.5, 0.6) is 0 Å². The third-order valence-electron chi connectivity index (χ3n) is 2.79. The van der Waals surface area contributed by atoms with Gasteiger partial charge in [0.15, 0.2) is 5.82 Å². The molecule has 0 unspecified atom stereocenters. The summed E-state index contributed by atoms with van der Waals surface area (Å²) in [5, 5.41) is 0.0598. The minimum Gasteiger partial charge on any atom is -0.383 e. The predicted octanol–water partition coefficient (Wildman–Crippen LogP) is 3.27. The molecule has 1 aliphatic heterocycles. The summed E-state index contributed by atoms with van der Waals surface area (Å²) in [5.41, 5.74) is 8.55. The Kier molecular flexibility index (Phi) is 2.87. The Morgan fingerprint density at radius 1 is 1.28 bits per heavy atom. The first-order chi connectivity index (χ1) is 8.65. The lowest BCUT2D eigenvalue weighted by molar-refractivity contribution is 0.628. The summed E-state index contributed by atoms with van der Waals surface area (Å²) < 4.78 is 13.1. The van der Waals surface area contributed by atoms with E-state index in [0.717, 1.165) is 22.8 Å². The fourth-order valence-electron chi connectivity index (χ4n) is 1.84. The van der Waals surface area contributed by atoms with Gasteiger partial charge < -0.3 is 5.73 Å². The second-order valence-corrected chi connectivity index (χ2v) is 5.37. The molecule has 2 heterocycles. The highest BCUT2D eigenvalue weighted by molar-refractivity contribution is 7.98. The van der Waals surface area contributed by atoms with E-state index in [2.05, 4.69) is 9.97 Å². The molecule has 0 saturated carbocycles. The van der Waals surface area contributed by atoms with Crippen molar-refractivity contribution in [3.05, 3.63) is 40.3 Å². The zero-order chi connectivity index (χ0) is 12.7. The predicted molar refractivity (Wildman–Crippen MR) is 71.8 cm³/mol. The molecule has 2 N–H and O–H groups in total. The van der Waals surface area contributed by atoms with Crippen molar-refractivity contribution in [2.45, 2.75) is 11.5 Å². The minimum atomic E-state index is -0.454. The van der Waals surface area contributed by atoms with Gasteiger partial charge in [-0.05, 0) is 18.2 Å². The summed E-state index contributed by atoms with van der Waals surface area (Å²) in [6.07, 6.45) is 0. The maximum Gasteiger partial charge on any atom is 0.161 e. The molecule has 1 aromatic carbocycles. The van der Waals surface area contributed by atoms with Crippen LogP contribution < -0.4 is 5.73 Å². The number of nitrogens with two attached hydrogens (primary N) is 1. The Bertz CT molecular complexity index is 633. The van der Waals surface area contributed by atoms with Crippen molar-refractivity contribution >= 4 is 29.2 Å². The van der Waals surface area contributed by atoms with Crippen molar-refractivity contribution in [1.82, 2.24) is 9.97 Å². The van der Waals surface area contributed by atoms with Gasteiger partial charge in [-0.2, -0.15) is 11.8 Å². The summed E-state index contributed by atoms with van der Waals surface area (Å²) in [7, 11) is 0. The van der Waals surface area contributed by atoms with Crippen molar-refractivity contribution in [2.75, 3.05) is 5.73 Å². The average Bonchev–Trinajstić information content (AvgIpc) is 2.81. The molecule has 2 aromatic rings. The lowest BCUT2D eigenvalue weighted by Crippen LogP contribution is -2.02. The summed E-state index contributed by atoms with van der Waals surface area (Å²) in [6, 6.07) is 4.42. The largest absolute Gasteiger partial charge is 0.383 e. The van der Waals surface area contributed by atoms with Gasteiger partial charge in [0.1, 0.15) is 11.6 Å². The normalized spacial score (nSPS) is 13.7. The fourth-order valence-corrected chi connectivity index (χ4v) is 3.07. The molecule has 0 saturated heterocycles. The summed E-state index contributed by atoms with van der Waals surface area (Å²) in [5.74, 6) is 2.23. The van der Waals surface area contributed by atoms with Crippen molar-refractivity contribution < 1.29 is 4.39 Å². The van der Waals surface area contributed by atoms with Crippen molar-refractivity contribution in [1.29, 1.82) is 0 Å². The first kappa shape index (κ1) is 11.7. The number of hydrogen-bond acceptors (Lipinski definition) is 4. The molecule has 92 valence electrons. The van der Waals surface area contributed by atoms with E-state index in [1.54, 1.807) is 17.8 Å². The first-order valence-electron chi connectivity index (χ1n) is 5.33. The molecule has 3 rings (SSSR count). The molecule has 6 heteroatoms. The van der Waals surface area contributed by atoms with Gasteiger partial charge in [-0.1, -0.05) is 11.6 Å². The zero-order valence-electron chi connectivity index (χ0n) is 9.28. The van der Waals surface area contributed by atoms with Crippen LogP contribution in [0, 0.1) is 5.82 Å². The second kappa shape index (κ2) is 4.40. The van der Waals surface area contributed by atoms with Crippen LogP contribution in [0.1, 0.15) is 11.3 Å². The van der Waals surface area contributed by atoms with Gasteiger partial charge in [-0.3, -0.25) is 0 Å². The number of anilines is 1. The number of benzene rings is 1. The van der Waals surface area contributed by atoms with Gasteiger partial charge in [0.05, 0.1) is 10.7 Å². The molecular weight excluding hydrogens is 273 g/mol. The first-order valence-corrected chi connectivity index (χ1v) is 6.87. The topological polar surface area (TPSA) is 51.8 Å². The monoisotopic (exact) mass is 281 g/mol. The van der Waals surface area contributed by atoms with E-state index in [9.17, 15) is 4.39 Å². The maximum atomic E-state index is 13.1. The number of halogens is 2. The van der Waals surface area contributed by atoms with E-state index >= 15 is 0 Å². The number of fused-ring (bicyclic) bond motifs is 1. The highest BCUT2D eigenvalue weighted by Crippen LogP contribution is 2.33. The lowest BCUT2D eigenvalue weighted by atomic mass is 10.2. The fraction of sp³-hybridized carbons (Fsp3) is 0.167. The average molecular weight is 282 g/mol. The number of thioether (sulfide) groups is 1. The number of hydrogen-bond donors (Lipinski definition) is 1. The Hall–Kier alpha value is -1.33. The number of aromatic nitrogens is 2. The molecule has 0 atom stereocenters. The Morgan fingerprint density at radius 3 is 2.89 bits per heavy atom. The van der Waals surface area contributed by atoms with Gasteiger partial charge >= 0.3 is 0 Å². The van der Waals surface area contributed by atoms with E-state index in [1.165, 1.54) is 12.1 Å². The third-order valence-corrected chi connectivity index (χ3v) is 4.05. The molecule has 18 heavy (non-hydrogen) atoms. The Morgan fingerprint density at radius 2 is 2.11 bits per heavy atom. The highest BCUT2D eigenvalue weighted by Gasteiger charge is 2.19. The van der Waals surface area contributed by atoms with Crippen LogP contribution in [0.2, 0.25) is 5.02 Å². The van der Waals surface area contributed by atoms with Crippen LogP contribution in [0.25, 0.3) is 11.4 Å². The SMILES string of the molecule is Nc1nc(-c2ccc(F)c(Cl)c2)nc2c1CSC2. The number of nitrogens with zero attached hydrogens (tertiary/aromatic N) is 2.